The van der Waals surface area contributed by atoms with Crippen LogP contribution in [0.3, 0.4) is 0 Å². The first-order valence-corrected chi connectivity index (χ1v) is 15.3. The Morgan fingerprint density at radius 1 is 0.730 bits per heavy atom. The molecular formula is C32H51BrNO3+. The highest BCUT2D eigenvalue weighted by molar-refractivity contribution is 9.09. The quantitative estimate of drug-likeness (QED) is 0.0903. The Morgan fingerprint density at radius 3 is 1.97 bits per heavy atom. The molecule has 0 N–H and O–H groups in total. The van der Waals surface area contributed by atoms with Crippen molar-refractivity contribution in [2.24, 2.45) is 0 Å². The van der Waals surface area contributed by atoms with E-state index in [-0.39, 0.29) is 5.41 Å². The van der Waals surface area contributed by atoms with Crippen LogP contribution in [-0.2, 0) is 16.7 Å². The third kappa shape index (κ3) is 13.2. The van der Waals surface area contributed by atoms with Crippen LogP contribution in [0.2, 0.25) is 0 Å². The molecule has 0 unspecified atom stereocenters. The van der Waals surface area contributed by atoms with Crippen molar-refractivity contribution < 1.29 is 18.7 Å². The Balaban J connectivity index is 1.59. The standard InChI is InChI=1S/C32H51BrNO3/c1-6-7-8-20-32(2,3)29-14-18-31(19-15-29)37-25-11-23-35-26-22-34(4,5)27-28-12-16-30(17-13-28)36-24-10-9-21-33/h12-19H,6-11,20-27H2,1-5H3/q+1. The predicted octanol–water partition coefficient (Wildman–Crippen LogP) is 8.16. The normalized spacial score (nSPS) is 12.1. The first-order chi connectivity index (χ1) is 17.8. The maximum Gasteiger partial charge on any atom is 0.119 e. The maximum atomic E-state index is 5.95. The van der Waals surface area contributed by atoms with Gasteiger partial charge >= 0.3 is 0 Å². The molecule has 0 fully saturated rings. The van der Waals surface area contributed by atoms with Crippen molar-refractivity contribution in [1.82, 2.24) is 0 Å². The van der Waals surface area contributed by atoms with Gasteiger partial charge in [-0.3, -0.25) is 0 Å². The molecule has 0 amide bonds. The smallest absolute Gasteiger partial charge is 0.119 e. The molecule has 4 nitrogen and oxygen atoms in total. The number of nitrogens with zero attached hydrogens (tertiary/aromatic N) is 1. The summed E-state index contributed by atoms with van der Waals surface area (Å²) in [5.41, 5.74) is 2.94. The predicted molar refractivity (Wildman–Crippen MR) is 160 cm³/mol. The molecule has 0 aliphatic rings. The number of hydrogen-bond acceptors (Lipinski definition) is 3. The van der Waals surface area contributed by atoms with Gasteiger partial charge in [0, 0.05) is 17.3 Å². The molecule has 2 aromatic carbocycles. The maximum absolute atomic E-state index is 5.95. The van der Waals surface area contributed by atoms with Gasteiger partial charge in [-0.2, -0.15) is 0 Å². The van der Waals surface area contributed by atoms with E-state index in [0.717, 1.165) is 73.5 Å². The van der Waals surface area contributed by atoms with Crippen LogP contribution in [0.4, 0.5) is 0 Å². The summed E-state index contributed by atoms with van der Waals surface area (Å²) >= 11 is 3.46. The minimum Gasteiger partial charge on any atom is -0.494 e. The molecule has 5 heteroatoms. The molecule has 208 valence electrons. The molecule has 0 radical (unpaired) electrons. The summed E-state index contributed by atoms with van der Waals surface area (Å²) in [6.07, 6.45) is 8.22. The third-order valence-electron chi connectivity index (χ3n) is 6.91. The molecular weight excluding hydrogens is 526 g/mol. The monoisotopic (exact) mass is 576 g/mol. The highest BCUT2D eigenvalue weighted by Gasteiger charge is 2.20. The fraction of sp³-hybridized carbons (Fsp3) is 0.625. The van der Waals surface area contributed by atoms with Gasteiger partial charge in [-0.1, -0.05) is 68.1 Å². The van der Waals surface area contributed by atoms with Crippen molar-refractivity contribution in [3.05, 3.63) is 59.7 Å². The lowest BCUT2D eigenvalue weighted by molar-refractivity contribution is -0.904. The van der Waals surface area contributed by atoms with Crippen LogP contribution in [0.1, 0.15) is 76.8 Å². The van der Waals surface area contributed by atoms with Crippen LogP contribution in [0, 0.1) is 0 Å². The van der Waals surface area contributed by atoms with E-state index < -0.39 is 0 Å². The van der Waals surface area contributed by atoms with E-state index in [1.165, 1.54) is 36.8 Å². The van der Waals surface area contributed by atoms with Crippen molar-refractivity contribution >= 4 is 15.9 Å². The van der Waals surface area contributed by atoms with Crippen molar-refractivity contribution in [2.75, 3.05) is 52.4 Å². The molecule has 0 spiro atoms. The summed E-state index contributed by atoms with van der Waals surface area (Å²) in [6.45, 7) is 11.8. The zero-order valence-electron chi connectivity index (χ0n) is 24.1. The van der Waals surface area contributed by atoms with Crippen LogP contribution < -0.4 is 9.47 Å². The Kier molecular flexibility index (Phi) is 14.6. The fourth-order valence-corrected chi connectivity index (χ4v) is 4.78. The van der Waals surface area contributed by atoms with E-state index in [2.05, 4.69) is 99.3 Å². The summed E-state index contributed by atoms with van der Waals surface area (Å²) in [4.78, 5) is 0. The van der Waals surface area contributed by atoms with Crippen LogP contribution >= 0.6 is 15.9 Å². The highest BCUT2D eigenvalue weighted by Crippen LogP contribution is 2.30. The van der Waals surface area contributed by atoms with Crippen molar-refractivity contribution in [3.63, 3.8) is 0 Å². The largest absolute Gasteiger partial charge is 0.494 e. The second-order valence-corrected chi connectivity index (χ2v) is 12.2. The summed E-state index contributed by atoms with van der Waals surface area (Å²) < 4.78 is 18.6. The molecule has 2 rings (SSSR count). The van der Waals surface area contributed by atoms with Gasteiger partial charge in [0.25, 0.3) is 0 Å². The molecule has 2 aromatic rings. The summed E-state index contributed by atoms with van der Waals surface area (Å²) in [5, 5.41) is 1.03. The number of quaternary nitrogens is 1. The Bertz CT molecular complexity index is 849. The van der Waals surface area contributed by atoms with E-state index >= 15 is 0 Å². The molecule has 0 aliphatic carbocycles. The zero-order valence-corrected chi connectivity index (χ0v) is 25.7. The van der Waals surface area contributed by atoms with Crippen molar-refractivity contribution in [3.8, 4) is 11.5 Å². The van der Waals surface area contributed by atoms with Crippen LogP contribution in [0.15, 0.2) is 48.5 Å². The number of halogens is 1. The highest BCUT2D eigenvalue weighted by atomic mass is 79.9. The topological polar surface area (TPSA) is 27.7 Å². The average molecular weight is 578 g/mol. The number of likely N-dealkylation sites (N-methyl/N-ethyl adjacent to an activating group) is 1. The van der Waals surface area contributed by atoms with Gasteiger partial charge in [-0.15, -0.1) is 0 Å². The third-order valence-corrected chi connectivity index (χ3v) is 7.48. The summed E-state index contributed by atoms with van der Waals surface area (Å²) in [7, 11) is 4.51. The first-order valence-electron chi connectivity index (χ1n) is 14.2. The average Bonchev–Trinajstić information content (AvgIpc) is 2.87. The fourth-order valence-electron chi connectivity index (χ4n) is 4.38. The minimum atomic E-state index is 0.221. The van der Waals surface area contributed by atoms with Crippen molar-refractivity contribution in [1.29, 1.82) is 0 Å². The van der Waals surface area contributed by atoms with E-state index in [1.807, 2.05) is 0 Å². The van der Waals surface area contributed by atoms with Gasteiger partial charge in [-0.05, 0) is 66.6 Å². The second-order valence-electron chi connectivity index (χ2n) is 11.4. The number of hydrogen-bond donors (Lipinski definition) is 0. The number of ether oxygens (including phenoxy) is 3. The van der Waals surface area contributed by atoms with E-state index in [0.29, 0.717) is 6.61 Å². The van der Waals surface area contributed by atoms with Crippen LogP contribution in [-0.4, -0.2) is 56.9 Å². The van der Waals surface area contributed by atoms with Gasteiger partial charge < -0.3 is 18.7 Å². The van der Waals surface area contributed by atoms with E-state index in [4.69, 9.17) is 14.2 Å². The minimum absolute atomic E-state index is 0.221. The van der Waals surface area contributed by atoms with Gasteiger partial charge in [0.1, 0.15) is 24.6 Å². The van der Waals surface area contributed by atoms with Crippen LogP contribution in [0.5, 0.6) is 11.5 Å². The van der Waals surface area contributed by atoms with Crippen molar-refractivity contribution in [2.45, 2.75) is 77.7 Å². The summed E-state index contributed by atoms with van der Waals surface area (Å²) in [5.74, 6) is 1.90. The Morgan fingerprint density at radius 2 is 1.35 bits per heavy atom. The molecule has 0 saturated heterocycles. The number of benzene rings is 2. The first kappa shape index (κ1) is 31.7. The number of unbranched alkanes of at least 4 members (excludes halogenated alkanes) is 3. The molecule has 37 heavy (non-hydrogen) atoms. The number of alkyl halides is 1. The van der Waals surface area contributed by atoms with E-state index in [9.17, 15) is 0 Å². The second kappa shape index (κ2) is 17.1. The molecule has 0 aliphatic heterocycles. The molecule has 0 heterocycles. The molecule has 0 saturated carbocycles. The van der Waals surface area contributed by atoms with Gasteiger partial charge in [0.05, 0.1) is 40.5 Å². The SMILES string of the molecule is CCCCCC(C)(C)c1ccc(OCCCOCC[N+](C)(C)Cc2ccc(OCCCCBr)cc2)cc1. The zero-order chi connectivity index (χ0) is 27.0. The lowest BCUT2D eigenvalue weighted by atomic mass is 9.80. The van der Waals surface area contributed by atoms with Gasteiger partial charge in [0.15, 0.2) is 0 Å². The van der Waals surface area contributed by atoms with Crippen LogP contribution in [0.25, 0.3) is 0 Å². The summed E-state index contributed by atoms with van der Waals surface area (Å²) in [6, 6.07) is 17.2. The lowest BCUT2D eigenvalue weighted by Crippen LogP contribution is -2.41. The number of rotatable bonds is 20. The van der Waals surface area contributed by atoms with Gasteiger partial charge in [-0.25, -0.2) is 0 Å². The molecule has 0 atom stereocenters. The van der Waals surface area contributed by atoms with Gasteiger partial charge in [0.2, 0.25) is 0 Å². The van der Waals surface area contributed by atoms with E-state index in [1.54, 1.807) is 0 Å². The molecule has 0 bridgehead atoms. The Hall–Kier alpha value is -1.56. The Labute approximate surface area is 235 Å². The molecule has 0 aromatic heterocycles. The lowest BCUT2D eigenvalue weighted by Gasteiger charge is -2.29.